The zero-order chi connectivity index (χ0) is 17.6. The van der Waals surface area contributed by atoms with Crippen LogP contribution >= 0.6 is 35.2 Å². The second-order valence-corrected chi connectivity index (χ2v) is 7.39. The molecule has 0 fully saturated rings. The molecule has 0 bridgehead atoms. The van der Waals surface area contributed by atoms with E-state index < -0.39 is 0 Å². The van der Waals surface area contributed by atoms with Gasteiger partial charge in [0.15, 0.2) is 3.95 Å². The van der Waals surface area contributed by atoms with Gasteiger partial charge in [-0.15, -0.1) is 0 Å². The minimum absolute atomic E-state index is 0.260. The van der Waals surface area contributed by atoms with Crippen molar-refractivity contribution in [3.05, 3.63) is 72.7 Å². The molecule has 0 saturated heterocycles. The van der Waals surface area contributed by atoms with Gasteiger partial charge in [0.05, 0.1) is 10.9 Å². The highest BCUT2D eigenvalue weighted by Gasteiger charge is 2.18. The van der Waals surface area contributed by atoms with Crippen LogP contribution in [0, 0.1) is 3.95 Å². The first kappa shape index (κ1) is 16.0. The van der Waals surface area contributed by atoms with E-state index in [2.05, 4.69) is 10.3 Å². The first-order valence-electron chi connectivity index (χ1n) is 7.28. The number of nitrogens with one attached hydrogen (secondary N) is 2. The van der Waals surface area contributed by atoms with E-state index in [1.807, 2.05) is 6.07 Å². The molecule has 4 aromatic rings. The topological polar surface area (TPSA) is 66.4 Å². The van der Waals surface area contributed by atoms with Crippen molar-refractivity contribution in [3.8, 4) is 0 Å². The van der Waals surface area contributed by atoms with Gasteiger partial charge in [-0.2, -0.15) is 0 Å². The summed E-state index contributed by atoms with van der Waals surface area (Å²) in [5.74, 6) is -0.341. The fraction of sp³-hybridized carbons (Fsp3) is 0. The Bertz CT molecular complexity index is 1240. The van der Waals surface area contributed by atoms with Crippen LogP contribution in [0.5, 0.6) is 0 Å². The highest BCUT2D eigenvalue weighted by Crippen LogP contribution is 2.24. The summed E-state index contributed by atoms with van der Waals surface area (Å²) < 4.78 is 2.21. The number of carbonyl (C=O) groups excluding carboxylic acids is 1. The molecule has 0 unspecified atom stereocenters. The van der Waals surface area contributed by atoms with Crippen LogP contribution < -0.4 is 10.9 Å². The predicted molar refractivity (Wildman–Crippen MR) is 104 cm³/mol. The van der Waals surface area contributed by atoms with E-state index in [0.717, 1.165) is 11.3 Å². The molecule has 0 atom stereocenters. The van der Waals surface area contributed by atoms with Crippen LogP contribution in [0.2, 0.25) is 5.02 Å². The first-order valence-corrected chi connectivity index (χ1v) is 8.88. The number of aromatic amines is 1. The van der Waals surface area contributed by atoms with Crippen LogP contribution in [0.25, 0.3) is 16.6 Å². The average molecular weight is 388 g/mol. The molecule has 2 aromatic heterocycles. The largest absolute Gasteiger partial charge is 0.321 e. The summed E-state index contributed by atoms with van der Waals surface area (Å²) in [5, 5.41) is 3.89. The van der Waals surface area contributed by atoms with Crippen molar-refractivity contribution < 1.29 is 4.79 Å². The molecule has 0 aliphatic carbocycles. The number of hydrogen-bond acceptors (Lipinski definition) is 4. The van der Waals surface area contributed by atoms with E-state index in [9.17, 15) is 9.59 Å². The minimum Gasteiger partial charge on any atom is -0.321 e. The number of para-hydroxylation sites is 1. The lowest BCUT2D eigenvalue weighted by atomic mass is 10.2. The molecule has 0 spiro atoms. The molecule has 0 aliphatic rings. The van der Waals surface area contributed by atoms with Crippen molar-refractivity contribution in [1.82, 2.24) is 9.38 Å². The van der Waals surface area contributed by atoms with Crippen LogP contribution in [0.1, 0.15) is 9.67 Å². The van der Waals surface area contributed by atoms with Crippen LogP contribution in [-0.2, 0) is 0 Å². The van der Waals surface area contributed by atoms with E-state index in [1.165, 1.54) is 0 Å². The zero-order valence-electron chi connectivity index (χ0n) is 12.6. The lowest BCUT2D eigenvalue weighted by Gasteiger charge is -2.05. The van der Waals surface area contributed by atoms with Crippen molar-refractivity contribution >= 4 is 63.3 Å². The van der Waals surface area contributed by atoms with E-state index in [0.29, 0.717) is 36.1 Å². The SMILES string of the molecule is O=C(Nc1ccc(Cl)cc1)c1sc(=S)n2c1[nH]c(=O)c1ccccc12. The number of aromatic nitrogens is 2. The van der Waals surface area contributed by atoms with Crippen molar-refractivity contribution in [2.45, 2.75) is 0 Å². The molecule has 5 nitrogen and oxygen atoms in total. The molecule has 2 N–H and O–H groups in total. The number of anilines is 1. The fourth-order valence-electron chi connectivity index (χ4n) is 2.62. The number of H-pyrrole nitrogens is 1. The number of thiazole rings is 1. The van der Waals surface area contributed by atoms with Crippen LogP contribution in [0.15, 0.2) is 53.3 Å². The average Bonchev–Trinajstić information content (AvgIpc) is 2.94. The van der Waals surface area contributed by atoms with Gasteiger partial charge in [-0.05, 0) is 48.6 Å². The van der Waals surface area contributed by atoms with Crippen molar-refractivity contribution in [3.63, 3.8) is 0 Å². The highest BCUT2D eigenvalue weighted by molar-refractivity contribution is 7.73. The number of halogens is 1. The number of rotatable bonds is 2. The number of nitrogens with zero attached hydrogens (tertiary/aromatic N) is 1. The van der Waals surface area contributed by atoms with Gasteiger partial charge in [0.25, 0.3) is 11.5 Å². The highest BCUT2D eigenvalue weighted by atomic mass is 35.5. The molecule has 124 valence electrons. The Hall–Kier alpha value is -2.48. The van der Waals surface area contributed by atoms with Gasteiger partial charge in [0, 0.05) is 10.7 Å². The Labute approximate surface area is 155 Å². The summed E-state index contributed by atoms with van der Waals surface area (Å²) in [6.07, 6.45) is 0. The third-order valence-corrected chi connectivity index (χ3v) is 5.37. The van der Waals surface area contributed by atoms with Crippen molar-refractivity contribution in [2.75, 3.05) is 5.32 Å². The van der Waals surface area contributed by atoms with Crippen LogP contribution in [0.4, 0.5) is 5.69 Å². The van der Waals surface area contributed by atoms with Gasteiger partial charge in [0.1, 0.15) is 10.5 Å². The Morgan fingerprint density at radius 2 is 1.88 bits per heavy atom. The number of fused-ring (bicyclic) bond motifs is 3. The normalized spacial score (nSPS) is 11.1. The Kier molecular flexibility index (Phi) is 3.91. The zero-order valence-corrected chi connectivity index (χ0v) is 15.0. The molecule has 2 aromatic carbocycles. The molecular weight excluding hydrogens is 378 g/mol. The van der Waals surface area contributed by atoms with E-state index >= 15 is 0 Å². The number of hydrogen-bond donors (Lipinski definition) is 2. The molecule has 0 saturated carbocycles. The van der Waals surface area contributed by atoms with Crippen LogP contribution in [-0.4, -0.2) is 15.3 Å². The Morgan fingerprint density at radius 3 is 2.64 bits per heavy atom. The van der Waals surface area contributed by atoms with Crippen molar-refractivity contribution in [2.24, 2.45) is 0 Å². The third kappa shape index (κ3) is 2.76. The Balaban J connectivity index is 1.88. The lowest BCUT2D eigenvalue weighted by molar-refractivity contribution is 0.103. The van der Waals surface area contributed by atoms with Gasteiger partial charge >= 0.3 is 0 Å². The summed E-state index contributed by atoms with van der Waals surface area (Å²) in [6, 6.07) is 13.9. The summed E-state index contributed by atoms with van der Waals surface area (Å²) in [5.41, 5.74) is 1.41. The van der Waals surface area contributed by atoms with E-state index in [1.54, 1.807) is 46.9 Å². The fourth-order valence-corrected chi connectivity index (χ4v) is 4.02. The smallest absolute Gasteiger partial charge is 0.269 e. The predicted octanol–water partition coefficient (Wildman–Crippen LogP) is 4.48. The maximum Gasteiger partial charge on any atom is 0.269 e. The van der Waals surface area contributed by atoms with Gasteiger partial charge < -0.3 is 10.3 Å². The van der Waals surface area contributed by atoms with Gasteiger partial charge in [-0.3, -0.25) is 14.0 Å². The first-order chi connectivity index (χ1) is 12.0. The molecule has 1 amide bonds. The summed E-state index contributed by atoms with van der Waals surface area (Å²) in [7, 11) is 0. The van der Waals surface area contributed by atoms with Gasteiger partial charge in [0.2, 0.25) is 0 Å². The lowest BCUT2D eigenvalue weighted by Crippen LogP contribution is -2.14. The van der Waals surface area contributed by atoms with Crippen molar-refractivity contribution in [1.29, 1.82) is 0 Å². The summed E-state index contributed by atoms with van der Waals surface area (Å²) in [6.45, 7) is 0. The molecule has 25 heavy (non-hydrogen) atoms. The molecular formula is C17H10ClN3O2S2. The molecule has 4 rings (SSSR count). The maximum atomic E-state index is 12.7. The number of carbonyl (C=O) groups is 1. The molecule has 2 heterocycles. The molecule has 0 aliphatic heterocycles. The second kappa shape index (κ2) is 6.11. The number of amides is 1. The minimum atomic E-state index is -0.341. The number of benzene rings is 2. The second-order valence-electron chi connectivity index (χ2n) is 5.31. The summed E-state index contributed by atoms with van der Waals surface area (Å²) in [4.78, 5) is 28.1. The van der Waals surface area contributed by atoms with Gasteiger partial charge in [-0.25, -0.2) is 0 Å². The third-order valence-electron chi connectivity index (χ3n) is 3.74. The maximum absolute atomic E-state index is 12.7. The monoisotopic (exact) mass is 387 g/mol. The van der Waals surface area contributed by atoms with E-state index in [-0.39, 0.29) is 11.5 Å². The molecule has 8 heteroatoms. The van der Waals surface area contributed by atoms with Crippen LogP contribution in [0.3, 0.4) is 0 Å². The van der Waals surface area contributed by atoms with E-state index in [4.69, 9.17) is 23.8 Å². The quantitative estimate of drug-likeness (QED) is 0.498. The Morgan fingerprint density at radius 1 is 1.16 bits per heavy atom. The summed E-state index contributed by atoms with van der Waals surface area (Å²) >= 11 is 12.4. The van der Waals surface area contributed by atoms with Gasteiger partial charge in [-0.1, -0.05) is 35.1 Å². The molecule has 0 radical (unpaired) electrons. The standard InChI is InChI=1S/C17H10ClN3O2S2/c18-9-5-7-10(8-6-9)19-16(23)13-14-20-15(22)11-3-1-2-4-12(11)21(14)17(24)25-13/h1-8H,(H,19,23)(H,20,22).